The summed E-state index contributed by atoms with van der Waals surface area (Å²) in [6.45, 7) is 4.93. The maximum atomic E-state index is 12.3. The highest BCUT2D eigenvalue weighted by Crippen LogP contribution is 2.33. The zero-order valence-corrected chi connectivity index (χ0v) is 15.0. The van der Waals surface area contributed by atoms with E-state index in [2.05, 4.69) is 15.5 Å². The number of rotatable bonds is 7. The summed E-state index contributed by atoms with van der Waals surface area (Å²) in [5, 5.41) is 12.9. The number of hydrogen-bond acceptors (Lipinski definition) is 8. The Morgan fingerprint density at radius 3 is 2.96 bits per heavy atom. The second kappa shape index (κ2) is 7.67. The first-order valence-electron chi connectivity index (χ1n) is 7.60. The fraction of sp³-hybridized carbons (Fsp3) is 0.312. The molecule has 0 atom stereocenters. The quantitative estimate of drug-likeness (QED) is 0.498. The number of carbonyl (C=O) groups excluding carboxylic acids is 1. The van der Waals surface area contributed by atoms with Gasteiger partial charge in [-0.2, -0.15) is 0 Å². The number of nitrogens with zero attached hydrogens (tertiary/aromatic N) is 2. The zero-order valence-electron chi connectivity index (χ0n) is 13.4. The summed E-state index contributed by atoms with van der Waals surface area (Å²) < 4.78 is 11.9. The van der Waals surface area contributed by atoms with Crippen molar-refractivity contribution in [1.29, 1.82) is 0 Å². The molecule has 0 saturated carbocycles. The number of hydrogen-bond donors (Lipinski definition) is 1. The van der Waals surface area contributed by atoms with Gasteiger partial charge in [-0.05, 0) is 19.9 Å². The molecular formula is C16H17N3O3S2. The van der Waals surface area contributed by atoms with Gasteiger partial charge in [-0.3, -0.25) is 0 Å². The van der Waals surface area contributed by atoms with E-state index >= 15 is 0 Å². The second-order valence-corrected chi connectivity index (χ2v) is 7.01. The Morgan fingerprint density at radius 2 is 2.17 bits per heavy atom. The molecule has 0 aliphatic carbocycles. The lowest BCUT2D eigenvalue weighted by Gasteiger charge is -2.02. The highest BCUT2D eigenvalue weighted by Gasteiger charge is 2.22. The van der Waals surface area contributed by atoms with Crippen molar-refractivity contribution in [3.8, 4) is 0 Å². The number of para-hydroxylation sites is 1. The minimum atomic E-state index is -0.358. The van der Waals surface area contributed by atoms with E-state index in [9.17, 15) is 4.79 Å². The SMILES string of the molecule is CCNc1nnc(SCc2oc3ccccc3c2C(=O)OCC)s1. The van der Waals surface area contributed by atoms with Gasteiger partial charge in [-0.1, -0.05) is 41.3 Å². The number of furan rings is 1. The number of benzene rings is 1. The summed E-state index contributed by atoms with van der Waals surface area (Å²) in [6.07, 6.45) is 0. The molecule has 0 bridgehead atoms. The molecule has 0 aliphatic rings. The van der Waals surface area contributed by atoms with E-state index in [-0.39, 0.29) is 5.97 Å². The highest BCUT2D eigenvalue weighted by molar-refractivity contribution is 8.00. The van der Waals surface area contributed by atoms with Crippen LogP contribution in [0.25, 0.3) is 11.0 Å². The average Bonchev–Trinajstić information content (AvgIpc) is 3.17. The normalized spacial score (nSPS) is 10.9. The standard InChI is InChI=1S/C16H17N3O3S2/c1-3-17-15-18-19-16(24-15)23-9-12-13(14(20)21-4-2)10-7-5-6-8-11(10)22-12/h5-8H,3-4,9H2,1-2H3,(H,17,18). The molecule has 1 aromatic carbocycles. The molecule has 3 aromatic rings. The Hall–Kier alpha value is -2.06. The molecule has 3 rings (SSSR count). The van der Waals surface area contributed by atoms with Gasteiger partial charge < -0.3 is 14.5 Å². The van der Waals surface area contributed by atoms with Gasteiger partial charge in [0.2, 0.25) is 5.13 Å². The van der Waals surface area contributed by atoms with Crippen molar-refractivity contribution >= 4 is 45.2 Å². The van der Waals surface area contributed by atoms with Gasteiger partial charge in [0.25, 0.3) is 0 Å². The lowest BCUT2D eigenvalue weighted by molar-refractivity contribution is 0.0526. The van der Waals surface area contributed by atoms with E-state index in [0.717, 1.165) is 21.4 Å². The van der Waals surface area contributed by atoms with Crippen molar-refractivity contribution in [2.24, 2.45) is 0 Å². The maximum absolute atomic E-state index is 12.3. The molecule has 2 heterocycles. The second-order valence-electron chi connectivity index (χ2n) is 4.81. The van der Waals surface area contributed by atoms with Crippen LogP contribution in [0.4, 0.5) is 5.13 Å². The summed E-state index contributed by atoms with van der Waals surface area (Å²) in [5.41, 5.74) is 1.18. The molecule has 1 N–H and O–H groups in total. The van der Waals surface area contributed by atoms with Crippen LogP contribution in [0, 0.1) is 0 Å². The van der Waals surface area contributed by atoms with E-state index in [4.69, 9.17) is 9.15 Å². The minimum Gasteiger partial charge on any atom is -0.462 e. The number of aromatic nitrogens is 2. The van der Waals surface area contributed by atoms with Crippen LogP contribution < -0.4 is 5.32 Å². The van der Waals surface area contributed by atoms with E-state index in [1.165, 1.54) is 23.1 Å². The van der Waals surface area contributed by atoms with Crippen LogP contribution in [0.5, 0.6) is 0 Å². The third-order valence-electron chi connectivity index (χ3n) is 3.21. The number of esters is 1. The number of ether oxygens (including phenoxy) is 1. The molecule has 0 fully saturated rings. The Balaban J connectivity index is 1.84. The lowest BCUT2D eigenvalue weighted by atomic mass is 10.1. The summed E-state index contributed by atoms with van der Waals surface area (Å²) in [4.78, 5) is 12.3. The highest BCUT2D eigenvalue weighted by atomic mass is 32.2. The van der Waals surface area contributed by atoms with Gasteiger partial charge in [0.05, 0.1) is 12.4 Å². The Morgan fingerprint density at radius 1 is 1.33 bits per heavy atom. The minimum absolute atomic E-state index is 0.327. The number of nitrogens with one attached hydrogen (secondary N) is 1. The fourth-order valence-corrected chi connectivity index (χ4v) is 3.99. The molecule has 0 radical (unpaired) electrons. The first kappa shape index (κ1) is 16.8. The fourth-order valence-electron chi connectivity index (χ4n) is 2.24. The number of fused-ring (bicyclic) bond motifs is 1. The summed E-state index contributed by atoms with van der Waals surface area (Å²) >= 11 is 2.97. The molecule has 0 spiro atoms. The molecule has 2 aromatic heterocycles. The Kier molecular flexibility index (Phi) is 5.37. The zero-order chi connectivity index (χ0) is 16.9. The van der Waals surface area contributed by atoms with Crippen molar-refractivity contribution in [3.05, 3.63) is 35.6 Å². The van der Waals surface area contributed by atoms with Gasteiger partial charge in [-0.15, -0.1) is 10.2 Å². The third kappa shape index (κ3) is 3.54. The monoisotopic (exact) mass is 363 g/mol. The summed E-state index contributed by atoms with van der Waals surface area (Å²) in [5.74, 6) is 0.729. The van der Waals surface area contributed by atoms with Gasteiger partial charge in [0, 0.05) is 11.9 Å². The van der Waals surface area contributed by atoms with Crippen LogP contribution in [0.3, 0.4) is 0 Å². The molecule has 0 amide bonds. The molecule has 6 nitrogen and oxygen atoms in total. The van der Waals surface area contributed by atoms with Crippen LogP contribution in [-0.2, 0) is 10.5 Å². The van der Waals surface area contributed by atoms with Crippen LogP contribution in [0.1, 0.15) is 30.0 Å². The first-order valence-corrected chi connectivity index (χ1v) is 9.40. The van der Waals surface area contributed by atoms with Crippen LogP contribution in [-0.4, -0.2) is 29.3 Å². The molecule has 0 aliphatic heterocycles. The van der Waals surface area contributed by atoms with Crippen molar-refractivity contribution in [2.75, 3.05) is 18.5 Å². The number of carbonyl (C=O) groups is 1. The van der Waals surface area contributed by atoms with Gasteiger partial charge in [0.1, 0.15) is 16.9 Å². The van der Waals surface area contributed by atoms with Crippen LogP contribution >= 0.6 is 23.1 Å². The lowest BCUT2D eigenvalue weighted by Crippen LogP contribution is -2.06. The van der Waals surface area contributed by atoms with Gasteiger partial charge >= 0.3 is 5.97 Å². The van der Waals surface area contributed by atoms with Crippen LogP contribution in [0.2, 0.25) is 0 Å². The van der Waals surface area contributed by atoms with Crippen molar-refractivity contribution < 1.29 is 13.9 Å². The van der Waals surface area contributed by atoms with E-state index in [1.54, 1.807) is 6.92 Å². The molecule has 0 saturated heterocycles. The van der Waals surface area contributed by atoms with E-state index < -0.39 is 0 Å². The number of thioether (sulfide) groups is 1. The Bertz CT molecular complexity index is 844. The molecular weight excluding hydrogens is 346 g/mol. The summed E-state index contributed by atoms with van der Waals surface area (Å²) in [6, 6.07) is 7.48. The van der Waals surface area contributed by atoms with Gasteiger partial charge in [0.15, 0.2) is 4.34 Å². The van der Waals surface area contributed by atoms with Crippen LogP contribution in [0.15, 0.2) is 33.0 Å². The molecule has 0 unspecified atom stereocenters. The van der Waals surface area contributed by atoms with Crippen molar-refractivity contribution in [1.82, 2.24) is 10.2 Å². The van der Waals surface area contributed by atoms with E-state index in [1.807, 2.05) is 31.2 Å². The largest absolute Gasteiger partial charge is 0.462 e. The smallest absolute Gasteiger partial charge is 0.342 e. The molecule has 126 valence electrons. The average molecular weight is 363 g/mol. The predicted molar refractivity (Wildman–Crippen MR) is 95.8 cm³/mol. The number of anilines is 1. The van der Waals surface area contributed by atoms with Crippen molar-refractivity contribution in [2.45, 2.75) is 23.9 Å². The predicted octanol–water partition coefficient (Wildman–Crippen LogP) is 4.19. The molecule has 24 heavy (non-hydrogen) atoms. The van der Waals surface area contributed by atoms with Gasteiger partial charge in [-0.25, -0.2) is 4.79 Å². The van der Waals surface area contributed by atoms with Crippen molar-refractivity contribution in [3.63, 3.8) is 0 Å². The first-order chi connectivity index (χ1) is 11.7. The summed E-state index contributed by atoms with van der Waals surface area (Å²) in [7, 11) is 0. The third-order valence-corrected chi connectivity index (χ3v) is 5.22. The topological polar surface area (TPSA) is 77.3 Å². The maximum Gasteiger partial charge on any atom is 0.342 e. The Labute approximate surface area is 147 Å². The van der Waals surface area contributed by atoms with E-state index in [0.29, 0.717) is 29.3 Å². The molecule has 8 heteroatoms.